The third-order valence-electron chi connectivity index (χ3n) is 5.52. The van der Waals surface area contributed by atoms with Crippen molar-refractivity contribution >= 4 is 27.4 Å². The number of nitriles is 1. The fraction of sp³-hybridized carbons (Fsp3) is 0.269. The minimum Gasteiger partial charge on any atom is -0.406 e. The number of sulfone groups is 1. The topological polar surface area (TPSA) is 126 Å². The molecule has 0 N–H and O–H groups in total. The van der Waals surface area contributed by atoms with Crippen molar-refractivity contribution in [2.45, 2.75) is 37.7 Å². The molecule has 1 aromatic carbocycles. The number of aromatic nitrogens is 2. The number of alkyl halides is 6. The van der Waals surface area contributed by atoms with Crippen LogP contribution in [0.15, 0.2) is 64.7 Å². The van der Waals surface area contributed by atoms with Crippen LogP contribution in [0.2, 0.25) is 0 Å². The number of amides is 1. The van der Waals surface area contributed by atoms with Gasteiger partial charge in [-0.05, 0) is 35.9 Å². The molecule has 0 fully saturated rings. The largest absolute Gasteiger partial charge is 0.573 e. The number of ether oxygens (including phenoxy) is 1. The Morgan fingerprint density at radius 2 is 1.69 bits per heavy atom. The number of aliphatic imine (C=N–C) groups is 1. The number of rotatable bonds is 8. The van der Waals surface area contributed by atoms with Gasteiger partial charge in [-0.15, -0.1) is 13.2 Å². The molecule has 2 heterocycles. The van der Waals surface area contributed by atoms with Gasteiger partial charge in [-0.25, -0.2) is 13.4 Å². The second-order valence-electron chi connectivity index (χ2n) is 8.46. The number of anilines is 1. The molecule has 0 aliphatic carbocycles. The molecule has 2 aromatic heterocycles. The van der Waals surface area contributed by atoms with Gasteiger partial charge in [0.15, 0.2) is 15.7 Å². The van der Waals surface area contributed by atoms with Gasteiger partial charge in [-0.1, -0.05) is 19.1 Å². The van der Waals surface area contributed by atoms with E-state index in [0.29, 0.717) is 6.20 Å². The Labute approximate surface area is 236 Å². The van der Waals surface area contributed by atoms with Crippen LogP contribution in [0, 0.1) is 11.3 Å². The van der Waals surface area contributed by atoms with Gasteiger partial charge in [-0.2, -0.15) is 23.4 Å². The molecular weight excluding hydrogens is 592 g/mol. The Balaban J connectivity index is 2.21. The molecule has 0 aliphatic rings. The first kappa shape index (κ1) is 32.0. The maximum absolute atomic E-state index is 13.2. The highest BCUT2D eigenvalue weighted by Crippen LogP contribution is 2.32. The number of carbonyl (C=O) groups excluding carboxylic acids is 1. The van der Waals surface area contributed by atoms with Crippen LogP contribution < -0.4 is 9.64 Å². The monoisotopic (exact) mass is 613 g/mol. The van der Waals surface area contributed by atoms with Crippen LogP contribution in [0.5, 0.6) is 5.75 Å². The highest BCUT2D eigenvalue weighted by molar-refractivity contribution is 7.91. The molecular formula is C26H21F6N5O4S. The lowest BCUT2D eigenvalue weighted by Crippen LogP contribution is -2.36. The summed E-state index contributed by atoms with van der Waals surface area (Å²) < 4.78 is 107. The summed E-state index contributed by atoms with van der Waals surface area (Å²) in [5.41, 5.74) is -0.984. The summed E-state index contributed by atoms with van der Waals surface area (Å²) in [5.74, 6) is -2.33. The molecule has 9 nitrogen and oxygen atoms in total. The lowest BCUT2D eigenvalue weighted by molar-refractivity contribution is -0.274. The van der Waals surface area contributed by atoms with Gasteiger partial charge in [0, 0.05) is 31.4 Å². The quantitative estimate of drug-likeness (QED) is 0.184. The van der Waals surface area contributed by atoms with Crippen molar-refractivity contribution in [3.8, 4) is 22.9 Å². The van der Waals surface area contributed by atoms with Crippen LogP contribution in [-0.2, 0) is 20.8 Å². The number of pyridine rings is 2. The van der Waals surface area contributed by atoms with Gasteiger partial charge in [0.25, 0.3) is 0 Å². The highest BCUT2D eigenvalue weighted by Gasteiger charge is 2.33. The van der Waals surface area contributed by atoms with E-state index in [4.69, 9.17) is 0 Å². The second-order valence-corrected chi connectivity index (χ2v) is 10.7. The van der Waals surface area contributed by atoms with Crippen molar-refractivity contribution < 1.29 is 44.3 Å². The minimum atomic E-state index is -4.92. The molecule has 1 amide bonds. The first-order chi connectivity index (χ1) is 19.6. The average molecular weight is 614 g/mol. The SMILES string of the molecule is CCS(=O)(=O)c1cc(-c2ccc(OC(F)(F)F)cc2)cnc1C(=NC(C)=O)N(CCC#N)c1ccc(C(F)(F)F)cn1. The first-order valence-corrected chi connectivity index (χ1v) is 13.6. The predicted octanol–water partition coefficient (Wildman–Crippen LogP) is 5.57. The Bertz CT molecular complexity index is 1620. The molecule has 0 aliphatic heterocycles. The zero-order valence-corrected chi connectivity index (χ0v) is 22.7. The summed E-state index contributed by atoms with van der Waals surface area (Å²) in [6.45, 7) is 2.13. The van der Waals surface area contributed by atoms with E-state index in [-0.39, 0.29) is 35.6 Å². The maximum atomic E-state index is 13.2. The van der Waals surface area contributed by atoms with Crippen LogP contribution in [0.1, 0.15) is 31.5 Å². The van der Waals surface area contributed by atoms with Gasteiger partial charge in [0.1, 0.15) is 17.3 Å². The van der Waals surface area contributed by atoms with E-state index < -0.39 is 56.1 Å². The molecule has 16 heteroatoms. The number of amidine groups is 1. The first-order valence-electron chi connectivity index (χ1n) is 11.9. The summed E-state index contributed by atoms with van der Waals surface area (Å²) in [5, 5.41) is 9.18. The molecule has 222 valence electrons. The van der Waals surface area contributed by atoms with Crippen LogP contribution in [0.25, 0.3) is 11.1 Å². The van der Waals surface area contributed by atoms with Crippen LogP contribution in [0.3, 0.4) is 0 Å². The van der Waals surface area contributed by atoms with Crippen molar-refractivity contribution in [1.82, 2.24) is 9.97 Å². The normalized spacial score (nSPS) is 12.5. The summed E-state index contributed by atoms with van der Waals surface area (Å²) in [6, 6.07) is 9.27. The van der Waals surface area contributed by atoms with E-state index in [2.05, 4.69) is 19.7 Å². The van der Waals surface area contributed by atoms with Gasteiger partial charge in [0.2, 0.25) is 5.91 Å². The van der Waals surface area contributed by atoms with Gasteiger partial charge < -0.3 is 9.64 Å². The van der Waals surface area contributed by atoms with Crippen molar-refractivity contribution in [1.29, 1.82) is 5.26 Å². The van der Waals surface area contributed by atoms with Gasteiger partial charge in [-0.3, -0.25) is 9.78 Å². The molecule has 3 aromatic rings. The van der Waals surface area contributed by atoms with Gasteiger partial charge >= 0.3 is 12.5 Å². The number of halogens is 6. The summed E-state index contributed by atoms with van der Waals surface area (Å²) in [6.07, 6.45) is -8.12. The molecule has 0 unspecified atom stereocenters. The third kappa shape index (κ3) is 8.03. The molecule has 0 spiro atoms. The third-order valence-corrected chi connectivity index (χ3v) is 7.26. The number of hydrogen-bond acceptors (Lipinski definition) is 7. The Kier molecular flexibility index (Phi) is 9.57. The van der Waals surface area contributed by atoms with Crippen LogP contribution in [-0.4, -0.2) is 48.8 Å². The molecule has 0 bridgehead atoms. The molecule has 0 saturated carbocycles. The molecule has 3 rings (SSSR count). The fourth-order valence-corrected chi connectivity index (χ4v) is 4.66. The molecule has 0 saturated heterocycles. The van der Waals surface area contributed by atoms with Crippen molar-refractivity contribution in [2.24, 2.45) is 4.99 Å². The van der Waals surface area contributed by atoms with E-state index in [0.717, 1.165) is 36.1 Å². The van der Waals surface area contributed by atoms with E-state index in [9.17, 15) is 44.8 Å². The van der Waals surface area contributed by atoms with E-state index >= 15 is 0 Å². The number of carbonyl (C=O) groups is 1. The Hall–Kier alpha value is -4.52. The zero-order valence-electron chi connectivity index (χ0n) is 21.9. The standard InChI is InChI=1S/C26H21F6N5O4S/c1-3-42(39,40)21-13-18(17-5-8-20(9-6-17)41-26(30,31)32)14-35-23(21)24(36-16(2)38)37(12-4-11-33)22-10-7-19(15-34-22)25(27,28)29/h5-10,13-15H,3-4,12H2,1-2H3. The Morgan fingerprint density at radius 1 is 1.02 bits per heavy atom. The lowest BCUT2D eigenvalue weighted by Gasteiger charge is -2.25. The van der Waals surface area contributed by atoms with Crippen LogP contribution >= 0.6 is 0 Å². The lowest BCUT2D eigenvalue weighted by atomic mass is 10.1. The van der Waals surface area contributed by atoms with E-state index in [1.165, 1.54) is 31.3 Å². The summed E-state index contributed by atoms with van der Waals surface area (Å²) >= 11 is 0. The Morgan fingerprint density at radius 3 is 2.19 bits per heavy atom. The summed E-state index contributed by atoms with van der Waals surface area (Å²) in [7, 11) is -4.12. The number of benzene rings is 1. The van der Waals surface area contributed by atoms with E-state index in [1.54, 1.807) is 0 Å². The molecule has 0 atom stereocenters. The molecule has 42 heavy (non-hydrogen) atoms. The fourth-order valence-electron chi connectivity index (χ4n) is 3.61. The number of hydrogen-bond donors (Lipinski definition) is 0. The van der Waals surface area contributed by atoms with E-state index in [1.807, 2.05) is 6.07 Å². The van der Waals surface area contributed by atoms with Crippen LogP contribution in [0.4, 0.5) is 32.2 Å². The molecule has 0 radical (unpaired) electrons. The minimum absolute atomic E-state index is 0.169. The predicted molar refractivity (Wildman–Crippen MR) is 138 cm³/mol. The van der Waals surface area contributed by atoms with Crippen molar-refractivity contribution in [3.05, 3.63) is 66.1 Å². The average Bonchev–Trinajstić information content (AvgIpc) is 2.91. The van der Waals surface area contributed by atoms with Gasteiger partial charge in [0.05, 0.1) is 28.7 Å². The second kappa shape index (κ2) is 12.6. The maximum Gasteiger partial charge on any atom is 0.573 e. The van der Waals surface area contributed by atoms with Crippen molar-refractivity contribution in [3.63, 3.8) is 0 Å². The smallest absolute Gasteiger partial charge is 0.406 e. The zero-order chi connectivity index (χ0) is 31.3. The summed E-state index contributed by atoms with van der Waals surface area (Å²) in [4.78, 5) is 24.7. The number of nitrogens with zero attached hydrogens (tertiary/aromatic N) is 5. The highest BCUT2D eigenvalue weighted by atomic mass is 32.2. The van der Waals surface area contributed by atoms with Crippen molar-refractivity contribution in [2.75, 3.05) is 17.2 Å².